The lowest BCUT2D eigenvalue weighted by molar-refractivity contribution is -0.129. The lowest BCUT2D eigenvalue weighted by atomic mass is 9.96. The predicted molar refractivity (Wildman–Crippen MR) is 94.6 cm³/mol. The normalized spacial score (nSPS) is 17.7. The molecular weight excluding hydrogens is 302 g/mol. The number of benzene rings is 1. The first-order chi connectivity index (χ1) is 11.6. The van der Waals surface area contributed by atoms with E-state index in [0.717, 1.165) is 24.8 Å². The highest BCUT2D eigenvalue weighted by atomic mass is 16.3. The number of aliphatic hydroxyl groups excluding tert-OH is 1. The Morgan fingerprint density at radius 3 is 2.33 bits per heavy atom. The zero-order valence-electron chi connectivity index (χ0n) is 14.6. The molecule has 1 aliphatic heterocycles. The maximum Gasteiger partial charge on any atom is 0.290 e. The molecule has 1 aromatic rings. The van der Waals surface area contributed by atoms with Crippen molar-refractivity contribution in [3.05, 3.63) is 47.2 Å². The van der Waals surface area contributed by atoms with Crippen molar-refractivity contribution in [3.63, 3.8) is 0 Å². The van der Waals surface area contributed by atoms with Crippen LogP contribution in [0.15, 0.2) is 41.7 Å². The minimum atomic E-state index is -0.466. The summed E-state index contributed by atoms with van der Waals surface area (Å²) in [5, 5.41) is 10.2. The maximum absolute atomic E-state index is 12.4. The van der Waals surface area contributed by atoms with Crippen LogP contribution in [0.25, 0.3) is 0 Å². The Morgan fingerprint density at radius 2 is 1.71 bits per heavy atom. The third-order valence-corrected chi connectivity index (χ3v) is 4.55. The van der Waals surface area contributed by atoms with Crippen molar-refractivity contribution >= 4 is 11.7 Å². The second kappa shape index (κ2) is 8.67. The third-order valence-electron chi connectivity index (χ3n) is 4.55. The highest BCUT2D eigenvalue weighted by Gasteiger charge is 2.41. The van der Waals surface area contributed by atoms with Gasteiger partial charge in [0.15, 0.2) is 11.5 Å². The Balaban J connectivity index is 2.11. The highest BCUT2D eigenvalue weighted by Crippen LogP contribution is 2.37. The molecule has 0 aromatic heterocycles. The van der Waals surface area contributed by atoms with Gasteiger partial charge in [-0.25, -0.2) is 0 Å². The van der Waals surface area contributed by atoms with Crippen LogP contribution >= 0.6 is 0 Å². The number of hydrogen-bond acceptors (Lipinski definition) is 3. The van der Waals surface area contributed by atoms with Gasteiger partial charge in [0.25, 0.3) is 5.91 Å². The van der Waals surface area contributed by atoms with Gasteiger partial charge in [-0.05, 0) is 18.9 Å². The van der Waals surface area contributed by atoms with Crippen molar-refractivity contribution in [2.45, 2.75) is 58.4 Å². The van der Waals surface area contributed by atoms with E-state index in [1.807, 2.05) is 30.3 Å². The molecule has 0 saturated heterocycles. The summed E-state index contributed by atoms with van der Waals surface area (Å²) in [5.41, 5.74) is 1.09. The molecule has 4 heteroatoms. The van der Waals surface area contributed by atoms with Crippen LogP contribution in [0.4, 0.5) is 0 Å². The minimum absolute atomic E-state index is 0.220. The Bertz CT molecular complexity index is 607. The van der Waals surface area contributed by atoms with Gasteiger partial charge < -0.3 is 10.0 Å². The van der Waals surface area contributed by atoms with Crippen LogP contribution in [0.5, 0.6) is 0 Å². The van der Waals surface area contributed by atoms with Crippen molar-refractivity contribution in [3.8, 4) is 0 Å². The van der Waals surface area contributed by atoms with E-state index < -0.39 is 11.9 Å². The average Bonchev–Trinajstić information content (AvgIpc) is 2.83. The topological polar surface area (TPSA) is 57.6 Å². The van der Waals surface area contributed by atoms with E-state index in [1.165, 1.54) is 26.2 Å². The van der Waals surface area contributed by atoms with Crippen LogP contribution in [-0.2, 0) is 9.59 Å². The van der Waals surface area contributed by atoms with Gasteiger partial charge in [0.1, 0.15) is 0 Å². The quantitative estimate of drug-likeness (QED) is 0.686. The van der Waals surface area contributed by atoms with Gasteiger partial charge in [0.05, 0.1) is 11.6 Å². The summed E-state index contributed by atoms with van der Waals surface area (Å²) in [6, 6.07) is 8.99. The number of nitrogens with zero attached hydrogens (tertiary/aromatic N) is 1. The van der Waals surface area contributed by atoms with Gasteiger partial charge in [-0.2, -0.15) is 0 Å². The Labute approximate surface area is 144 Å². The summed E-state index contributed by atoms with van der Waals surface area (Å²) < 4.78 is 0. The Hall–Kier alpha value is -2.10. The van der Waals surface area contributed by atoms with Crippen molar-refractivity contribution in [1.82, 2.24) is 4.90 Å². The molecule has 2 rings (SSSR count). The summed E-state index contributed by atoms with van der Waals surface area (Å²) in [4.78, 5) is 26.1. The van der Waals surface area contributed by atoms with Crippen molar-refractivity contribution in [2.24, 2.45) is 0 Å². The fourth-order valence-corrected chi connectivity index (χ4v) is 3.29. The second-order valence-corrected chi connectivity index (χ2v) is 6.40. The lowest BCUT2D eigenvalue weighted by Crippen LogP contribution is -2.32. The number of aliphatic hydroxyl groups is 1. The van der Waals surface area contributed by atoms with Crippen LogP contribution in [0.3, 0.4) is 0 Å². The smallest absolute Gasteiger partial charge is 0.290 e. The molecule has 1 aliphatic rings. The summed E-state index contributed by atoms with van der Waals surface area (Å²) in [6.07, 6.45) is 6.77. The van der Waals surface area contributed by atoms with E-state index in [2.05, 4.69) is 6.92 Å². The molecule has 0 aliphatic carbocycles. The molecule has 1 aromatic carbocycles. The molecule has 24 heavy (non-hydrogen) atoms. The zero-order valence-corrected chi connectivity index (χ0v) is 14.6. The molecule has 130 valence electrons. The first-order valence-corrected chi connectivity index (χ1v) is 8.88. The van der Waals surface area contributed by atoms with Gasteiger partial charge in [0.2, 0.25) is 0 Å². The summed E-state index contributed by atoms with van der Waals surface area (Å²) in [5.74, 6) is -1.06. The van der Waals surface area contributed by atoms with Gasteiger partial charge >= 0.3 is 0 Å². The van der Waals surface area contributed by atoms with Crippen LogP contribution in [-0.4, -0.2) is 28.2 Å². The molecule has 0 fully saturated rings. The first-order valence-electron chi connectivity index (χ1n) is 8.88. The van der Waals surface area contributed by atoms with Gasteiger partial charge in [0, 0.05) is 6.54 Å². The van der Waals surface area contributed by atoms with Crippen molar-refractivity contribution in [2.75, 3.05) is 6.54 Å². The van der Waals surface area contributed by atoms with E-state index in [-0.39, 0.29) is 17.1 Å². The number of unbranched alkanes of at least 4 members (excludes halogenated alkanes) is 5. The second-order valence-electron chi connectivity index (χ2n) is 6.40. The van der Waals surface area contributed by atoms with Gasteiger partial charge in [-0.15, -0.1) is 0 Å². The van der Waals surface area contributed by atoms with Gasteiger partial charge in [-0.3, -0.25) is 9.59 Å². The number of carbonyl (C=O) groups excluding carboxylic acids is 2. The standard InChI is InChI=1S/C20H27NO3/c1-3-4-5-6-7-11-14-21-18(16-12-9-8-10-13-16)17(15(2)22)19(23)20(21)24/h8-10,12-13,18,23H,3-7,11,14H2,1-2H3/t18-/m1/s1. The Morgan fingerprint density at radius 1 is 1.08 bits per heavy atom. The molecular formula is C20H27NO3. The number of rotatable bonds is 9. The molecule has 4 nitrogen and oxygen atoms in total. The fourth-order valence-electron chi connectivity index (χ4n) is 3.29. The van der Waals surface area contributed by atoms with Crippen LogP contribution in [0, 0.1) is 0 Å². The van der Waals surface area contributed by atoms with E-state index in [1.54, 1.807) is 4.90 Å². The average molecular weight is 329 g/mol. The number of amides is 1. The van der Waals surface area contributed by atoms with Gasteiger partial charge in [-0.1, -0.05) is 69.4 Å². The molecule has 0 saturated carbocycles. The van der Waals surface area contributed by atoms with E-state index in [9.17, 15) is 14.7 Å². The lowest BCUT2D eigenvalue weighted by Gasteiger charge is -2.26. The van der Waals surface area contributed by atoms with Crippen molar-refractivity contribution in [1.29, 1.82) is 0 Å². The number of ketones is 1. The van der Waals surface area contributed by atoms with Crippen LogP contribution in [0.1, 0.15) is 64.0 Å². The van der Waals surface area contributed by atoms with Crippen molar-refractivity contribution < 1.29 is 14.7 Å². The molecule has 0 radical (unpaired) electrons. The summed E-state index contributed by atoms with van der Waals surface area (Å²) >= 11 is 0. The third kappa shape index (κ3) is 4.05. The van der Waals surface area contributed by atoms with E-state index in [0.29, 0.717) is 6.54 Å². The molecule has 0 unspecified atom stereocenters. The van der Waals surface area contributed by atoms with E-state index in [4.69, 9.17) is 0 Å². The first kappa shape index (κ1) is 18.2. The molecule has 0 spiro atoms. The molecule has 1 amide bonds. The summed E-state index contributed by atoms with van der Waals surface area (Å²) in [7, 11) is 0. The fraction of sp³-hybridized carbons (Fsp3) is 0.500. The Kier molecular flexibility index (Phi) is 6.59. The zero-order chi connectivity index (χ0) is 17.5. The van der Waals surface area contributed by atoms with E-state index >= 15 is 0 Å². The number of Topliss-reactive ketones (excluding diaryl/α,β-unsaturated/α-hetero) is 1. The van der Waals surface area contributed by atoms with Crippen LogP contribution < -0.4 is 0 Å². The molecule has 0 bridgehead atoms. The number of carbonyl (C=O) groups is 2. The van der Waals surface area contributed by atoms with Crippen LogP contribution in [0.2, 0.25) is 0 Å². The maximum atomic E-state index is 12.4. The number of hydrogen-bond donors (Lipinski definition) is 1. The monoisotopic (exact) mass is 329 g/mol. The highest BCUT2D eigenvalue weighted by molar-refractivity contribution is 6.08. The predicted octanol–water partition coefficient (Wildman–Crippen LogP) is 4.33. The molecule has 1 atom stereocenters. The molecule has 1 N–H and O–H groups in total. The summed E-state index contributed by atoms with van der Waals surface area (Å²) in [6.45, 7) is 4.15. The SMILES string of the molecule is CCCCCCCCN1C(=O)C(O)=C(C(C)=O)[C@H]1c1ccccc1. The largest absolute Gasteiger partial charge is 0.503 e. The minimum Gasteiger partial charge on any atom is -0.503 e. The molecule has 1 heterocycles.